The van der Waals surface area contributed by atoms with Gasteiger partial charge >= 0.3 is 0 Å². The Morgan fingerprint density at radius 3 is 2.04 bits per heavy atom. The van der Waals surface area contributed by atoms with Gasteiger partial charge in [-0.25, -0.2) is 0 Å². The molecule has 0 N–H and O–H groups in total. The van der Waals surface area contributed by atoms with Gasteiger partial charge < -0.3 is 0 Å². The van der Waals surface area contributed by atoms with Crippen molar-refractivity contribution in [2.24, 2.45) is 0 Å². The molecule has 3 rings (SSSR count). The maximum atomic E-state index is 2.44. The molecule has 0 spiro atoms. The van der Waals surface area contributed by atoms with Gasteiger partial charge in [-0.3, -0.25) is 0 Å². The van der Waals surface area contributed by atoms with Crippen LogP contribution in [0.15, 0.2) is 42.5 Å². The van der Waals surface area contributed by atoms with Crippen LogP contribution in [0.25, 0.3) is 11.6 Å². The van der Waals surface area contributed by atoms with Crippen LogP contribution >= 0.6 is 0 Å². The predicted octanol–water partition coefficient (Wildman–Crippen LogP) is 6.90. The second-order valence-corrected chi connectivity index (χ2v) is 8.77. The molecule has 0 unspecified atom stereocenters. The Labute approximate surface area is 147 Å². The van der Waals surface area contributed by atoms with Crippen LogP contribution < -0.4 is 0 Å². The van der Waals surface area contributed by atoms with Crippen LogP contribution in [-0.2, 0) is 10.8 Å². The van der Waals surface area contributed by atoms with E-state index >= 15 is 0 Å². The highest BCUT2D eigenvalue weighted by atomic mass is 14.4. The summed E-state index contributed by atoms with van der Waals surface area (Å²) in [5, 5.41) is 0. The topological polar surface area (TPSA) is 0 Å². The van der Waals surface area contributed by atoms with Gasteiger partial charge in [-0.1, -0.05) is 81.8 Å². The molecule has 0 heteroatoms. The van der Waals surface area contributed by atoms with Gasteiger partial charge in [-0.15, -0.1) is 0 Å². The molecule has 0 amide bonds. The molecule has 0 heterocycles. The average molecular weight is 319 g/mol. The maximum absolute atomic E-state index is 2.44. The van der Waals surface area contributed by atoms with Crippen molar-refractivity contribution in [3.63, 3.8) is 0 Å². The van der Waals surface area contributed by atoms with Crippen molar-refractivity contribution in [2.45, 2.75) is 65.2 Å². The van der Waals surface area contributed by atoms with Gasteiger partial charge in [0.25, 0.3) is 0 Å². The third-order valence-corrected chi connectivity index (χ3v) is 5.77. The number of aryl methyl sites for hydroxylation is 1. The summed E-state index contributed by atoms with van der Waals surface area (Å²) in [7, 11) is 0. The Balaban J connectivity index is 2.03. The second-order valence-electron chi connectivity index (χ2n) is 8.77. The van der Waals surface area contributed by atoms with Gasteiger partial charge in [0.05, 0.1) is 0 Å². The summed E-state index contributed by atoms with van der Waals surface area (Å²) in [6.45, 7) is 13.9. The fourth-order valence-electron chi connectivity index (χ4n) is 3.83. The Morgan fingerprint density at radius 1 is 0.833 bits per heavy atom. The van der Waals surface area contributed by atoms with E-state index in [0.717, 1.165) is 0 Å². The Morgan fingerprint density at radius 2 is 1.42 bits per heavy atom. The van der Waals surface area contributed by atoms with Gasteiger partial charge in [0.1, 0.15) is 0 Å². The van der Waals surface area contributed by atoms with E-state index in [4.69, 9.17) is 0 Å². The fourth-order valence-corrected chi connectivity index (χ4v) is 3.83. The summed E-state index contributed by atoms with van der Waals surface area (Å²) in [5.41, 5.74) is 8.89. The summed E-state index contributed by atoms with van der Waals surface area (Å²) >= 11 is 0. The van der Waals surface area contributed by atoms with Crippen LogP contribution in [0.3, 0.4) is 0 Å². The van der Waals surface area contributed by atoms with Crippen LogP contribution in [0.4, 0.5) is 0 Å². The van der Waals surface area contributed by atoms with Gasteiger partial charge in [0.2, 0.25) is 0 Å². The van der Waals surface area contributed by atoms with Crippen molar-refractivity contribution >= 4 is 11.6 Å². The number of hydrogen-bond acceptors (Lipinski definition) is 0. The highest BCUT2D eigenvalue weighted by Crippen LogP contribution is 2.46. The van der Waals surface area contributed by atoms with Crippen molar-refractivity contribution in [3.8, 4) is 0 Å². The normalized spacial score (nSPS) is 19.0. The van der Waals surface area contributed by atoms with E-state index < -0.39 is 0 Å². The van der Waals surface area contributed by atoms with Gasteiger partial charge in [0, 0.05) is 0 Å². The lowest BCUT2D eigenvalue weighted by atomic mass is 9.63. The van der Waals surface area contributed by atoms with Crippen LogP contribution in [0, 0.1) is 6.92 Å². The minimum atomic E-state index is 0.269. The molecule has 0 aromatic heterocycles. The maximum Gasteiger partial charge on any atom is -0.0100 e. The lowest BCUT2D eigenvalue weighted by molar-refractivity contribution is 0.332. The standard InChI is InChI=1S/C24H30/c1-17-7-9-19(10-8-17)15-18(2)20-11-12-21-22(16-20)24(5,6)14-13-23(21,3)4/h7-12,15-16H,13-14H2,1-6H3. The Hall–Kier alpha value is -1.82. The van der Waals surface area contributed by atoms with Gasteiger partial charge in [-0.2, -0.15) is 0 Å². The minimum absolute atomic E-state index is 0.269. The molecule has 0 aliphatic heterocycles. The molecule has 0 saturated heterocycles. The third-order valence-electron chi connectivity index (χ3n) is 5.77. The molecule has 0 radical (unpaired) electrons. The predicted molar refractivity (Wildman–Crippen MR) is 106 cm³/mol. The van der Waals surface area contributed by atoms with E-state index in [1.54, 1.807) is 0 Å². The van der Waals surface area contributed by atoms with E-state index in [1.165, 1.54) is 46.2 Å². The smallest absolute Gasteiger partial charge is 0.0100 e. The second kappa shape index (κ2) is 5.92. The average Bonchev–Trinajstić information content (AvgIpc) is 2.54. The first-order chi connectivity index (χ1) is 11.2. The number of fused-ring (bicyclic) bond motifs is 1. The van der Waals surface area contributed by atoms with Crippen LogP contribution in [0.5, 0.6) is 0 Å². The molecule has 2 aromatic carbocycles. The van der Waals surface area contributed by atoms with E-state index in [2.05, 4.69) is 90.1 Å². The van der Waals surface area contributed by atoms with Crippen molar-refractivity contribution in [3.05, 3.63) is 70.3 Å². The molecule has 1 aliphatic rings. The summed E-state index contributed by atoms with van der Waals surface area (Å²) < 4.78 is 0. The molecule has 2 aromatic rings. The highest BCUT2D eigenvalue weighted by Gasteiger charge is 2.36. The minimum Gasteiger partial charge on any atom is -0.0587 e. The van der Waals surface area contributed by atoms with Gasteiger partial charge in [0.15, 0.2) is 0 Å². The summed E-state index contributed by atoms with van der Waals surface area (Å²) in [4.78, 5) is 0. The summed E-state index contributed by atoms with van der Waals surface area (Å²) in [6.07, 6.45) is 4.82. The fraction of sp³-hybridized carbons (Fsp3) is 0.417. The highest BCUT2D eigenvalue weighted by molar-refractivity contribution is 5.80. The van der Waals surface area contributed by atoms with E-state index in [9.17, 15) is 0 Å². The largest absolute Gasteiger partial charge is 0.0587 e. The first kappa shape index (κ1) is 17.0. The zero-order valence-corrected chi connectivity index (χ0v) is 16.0. The molecular weight excluding hydrogens is 288 g/mol. The molecule has 0 bridgehead atoms. The van der Waals surface area contributed by atoms with E-state index in [0.29, 0.717) is 0 Å². The first-order valence-corrected chi connectivity index (χ1v) is 9.09. The molecule has 24 heavy (non-hydrogen) atoms. The number of rotatable bonds is 2. The van der Waals surface area contributed by atoms with Crippen LogP contribution in [-0.4, -0.2) is 0 Å². The number of benzene rings is 2. The molecule has 0 atom stereocenters. The molecule has 126 valence electrons. The number of hydrogen-bond donors (Lipinski definition) is 0. The van der Waals surface area contributed by atoms with E-state index in [1.807, 2.05) is 0 Å². The van der Waals surface area contributed by atoms with Crippen molar-refractivity contribution in [1.29, 1.82) is 0 Å². The van der Waals surface area contributed by atoms with E-state index in [-0.39, 0.29) is 10.8 Å². The van der Waals surface area contributed by atoms with Gasteiger partial charge in [-0.05, 0) is 65.3 Å². The SMILES string of the molecule is CC(=Cc1ccc(C)cc1)c1ccc2c(c1)C(C)(C)CCC2(C)C. The van der Waals surface area contributed by atoms with Crippen LogP contribution in [0.2, 0.25) is 0 Å². The molecule has 0 saturated carbocycles. The number of allylic oxidation sites excluding steroid dienone is 1. The van der Waals surface area contributed by atoms with Crippen molar-refractivity contribution in [1.82, 2.24) is 0 Å². The lowest BCUT2D eigenvalue weighted by Crippen LogP contribution is -2.33. The molecule has 0 fully saturated rings. The molecular formula is C24H30. The summed E-state index contributed by atoms with van der Waals surface area (Å²) in [5.74, 6) is 0. The molecule has 0 nitrogen and oxygen atoms in total. The Kier molecular flexibility index (Phi) is 4.20. The lowest BCUT2D eigenvalue weighted by Gasteiger charge is -2.42. The first-order valence-electron chi connectivity index (χ1n) is 9.09. The zero-order valence-electron chi connectivity index (χ0n) is 16.0. The van der Waals surface area contributed by atoms with Crippen LogP contribution in [0.1, 0.15) is 75.3 Å². The third kappa shape index (κ3) is 3.20. The monoisotopic (exact) mass is 318 g/mol. The Bertz CT molecular complexity index is 770. The molecule has 1 aliphatic carbocycles. The van der Waals surface area contributed by atoms with Crippen molar-refractivity contribution < 1.29 is 0 Å². The quantitative estimate of drug-likeness (QED) is 0.528. The summed E-state index contributed by atoms with van der Waals surface area (Å²) in [6, 6.07) is 15.9. The van der Waals surface area contributed by atoms with Crippen molar-refractivity contribution in [2.75, 3.05) is 0 Å². The zero-order chi connectivity index (χ0) is 17.5.